The molecule has 0 bridgehead atoms. The van der Waals surface area contributed by atoms with Gasteiger partial charge < -0.3 is 19.0 Å². The number of H-pyrrole nitrogens is 1. The number of pyridine rings is 1. The van der Waals surface area contributed by atoms with Crippen LogP contribution in [0.25, 0.3) is 22.6 Å². The Labute approximate surface area is 161 Å². The lowest BCUT2D eigenvalue weighted by molar-refractivity contribution is 0.404. The van der Waals surface area contributed by atoms with E-state index in [4.69, 9.17) is 19.9 Å². The molecule has 142 valence electrons. The van der Waals surface area contributed by atoms with E-state index in [2.05, 4.69) is 15.0 Å². The number of fused-ring (bicyclic) bond motifs is 1. The summed E-state index contributed by atoms with van der Waals surface area (Å²) < 4.78 is 12.7. The molecule has 3 heterocycles. The molecule has 4 aromatic rings. The van der Waals surface area contributed by atoms with E-state index in [-0.39, 0.29) is 5.49 Å². The second-order valence-electron chi connectivity index (χ2n) is 6.21. The van der Waals surface area contributed by atoms with Gasteiger partial charge in [-0.15, -0.1) is 0 Å². The second kappa shape index (κ2) is 7.51. The topological polar surface area (TPSA) is 102 Å². The normalized spacial score (nSPS) is 10.9. The smallest absolute Gasteiger partial charge is 0.173 e. The Hall–Kier alpha value is -3.68. The van der Waals surface area contributed by atoms with E-state index in [0.717, 1.165) is 17.7 Å². The van der Waals surface area contributed by atoms with Gasteiger partial charge in [-0.1, -0.05) is 6.07 Å². The fourth-order valence-corrected chi connectivity index (χ4v) is 3.05. The minimum atomic E-state index is 0.143. The minimum absolute atomic E-state index is 0.143. The molecule has 1 aromatic carbocycles. The number of methoxy groups -OCH3 is 2. The highest BCUT2D eigenvalue weighted by Crippen LogP contribution is 2.32. The molecule has 0 radical (unpaired) electrons. The molecule has 3 aromatic heterocycles. The van der Waals surface area contributed by atoms with Gasteiger partial charge in [-0.05, 0) is 30.3 Å². The van der Waals surface area contributed by atoms with Gasteiger partial charge in [-0.3, -0.25) is 10.4 Å². The lowest BCUT2D eigenvalue weighted by Crippen LogP contribution is -2.13. The van der Waals surface area contributed by atoms with Crippen LogP contribution in [0.4, 0.5) is 0 Å². The van der Waals surface area contributed by atoms with E-state index in [1.165, 1.54) is 0 Å². The zero-order valence-corrected chi connectivity index (χ0v) is 15.6. The molecule has 0 unspecified atom stereocenters. The maximum absolute atomic E-state index is 8.15. The van der Waals surface area contributed by atoms with Crippen LogP contribution in [0.5, 0.6) is 11.5 Å². The van der Waals surface area contributed by atoms with Crippen LogP contribution in [0.15, 0.2) is 48.9 Å². The molecule has 0 fully saturated rings. The summed E-state index contributed by atoms with van der Waals surface area (Å²) in [7, 11) is 3.22. The molecule has 0 aliphatic heterocycles. The molecule has 28 heavy (non-hydrogen) atoms. The summed E-state index contributed by atoms with van der Waals surface area (Å²) in [6, 6.07) is 11.4. The molecule has 4 rings (SSSR count). The van der Waals surface area contributed by atoms with Crippen molar-refractivity contribution in [2.75, 3.05) is 14.2 Å². The highest BCUT2D eigenvalue weighted by Gasteiger charge is 2.15. The Morgan fingerprint density at radius 2 is 2.00 bits per heavy atom. The Bertz CT molecular complexity index is 1170. The molecular formula is C20H20N6O2. The molecular weight excluding hydrogens is 356 g/mol. The predicted molar refractivity (Wildman–Crippen MR) is 104 cm³/mol. The number of imidazole rings is 1. The molecule has 0 saturated carbocycles. The van der Waals surface area contributed by atoms with Gasteiger partial charge in [-0.2, -0.15) is 0 Å². The van der Waals surface area contributed by atoms with Crippen molar-refractivity contribution in [3.8, 4) is 22.9 Å². The number of ether oxygens (including phenoxy) is 2. The van der Waals surface area contributed by atoms with Crippen LogP contribution in [0.2, 0.25) is 0 Å². The number of aromatic nitrogens is 5. The predicted octanol–water partition coefficient (Wildman–Crippen LogP) is 2.56. The Morgan fingerprint density at radius 1 is 1.11 bits per heavy atom. The lowest BCUT2D eigenvalue weighted by atomic mass is 10.2. The van der Waals surface area contributed by atoms with Crippen LogP contribution < -0.4 is 15.0 Å². The van der Waals surface area contributed by atoms with E-state index < -0.39 is 0 Å². The van der Waals surface area contributed by atoms with Crippen molar-refractivity contribution in [2.24, 2.45) is 0 Å². The molecule has 8 nitrogen and oxygen atoms in total. The molecule has 0 amide bonds. The molecule has 0 aliphatic carbocycles. The number of nitrogens with zero attached hydrogens (tertiary/aromatic N) is 4. The van der Waals surface area contributed by atoms with Crippen LogP contribution >= 0.6 is 0 Å². The number of rotatable bonds is 6. The molecule has 2 N–H and O–H groups in total. The Kier molecular flexibility index (Phi) is 4.76. The Balaban J connectivity index is 1.77. The van der Waals surface area contributed by atoms with Crippen LogP contribution in [0.3, 0.4) is 0 Å². The zero-order chi connectivity index (χ0) is 19.5. The summed E-state index contributed by atoms with van der Waals surface area (Å²) >= 11 is 0. The van der Waals surface area contributed by atoms with Crippen molar-refractivity contribution in [2.45, 2.75) is 13.0 Å². The van der Waals surface area contributed by atoms with Gasteiger partial charge in [0, 0.05) is 24.9 Å². The quantitative estimate of drug-likeness (QED) is 0.538. The standard InChI is InChI=1S/C20H20N6O2/c1-27-14-6-7-16(28-2)15(11-14)19-24-17-18(21)23-12-26(20(17)25-19)10-8-13-5-3-4-9-22-13/h3-7,9,11-12,21H,8,10H2,1-2H3,(H,24,25). The van der Waals surface area contributed by atoms with Crippen molar-refractivity contribution in [1.29, 1.82) is 5.41 Å². The monoisotopic (exact) mass is 376 g/mol. The van der Waals surface area contributed by atoms with Gasteiger partial charge in [-0.25, -0.2) is 9.97 Å². The van der Waals surface area contributed by atoms with Gasteiger partial charge >= 0.3 is 0 Å². The lowest BCUT2D eigenvalue weighted by Gasteiger charge is -2.08. The number of nitrogens with one attached hydrogen (secondary N) is 2. The maximum atomic E-state index is 8.15. The second-order valence-corrected chi connectivity index (χ2v) is 6.21. The first-order chi connectivity index (χ1) is 13.7. The third-order valence-electron chi connectivity index (χ3n) is 4.52. The number of aryl methyl sites for hydroxylation is 2. The van der Waals surface area contributed by atoms with Crippen molar-refractivity contribution in [3.05, 3.63) is 60.1 Å². The van der Waals surface area contributed by atoms with Crippen LogP contribution in [0, 0.1) is 5.41 Å². The fourth-order valence-electron chi connectivity index (χ4n) is 3.05. The SMILES string of the molecule is COc1ccc(OC)c(-c2nc3c([nH]2)c(=N)ncn3CCc2ccccn2)c1. The van der Waals surface area contributed by atoms with Gasteiger partial charge in [0.05, 0.1) is 26.1 Å². The summed E-state index contributed by atoms with van der Waals surface area (Å²) in [5.41, 5.74) is 3.13. The van der Waals surface area contributed by atoms with Crippen LogP contribution in [0.1, 0.15) is 5.69 Å². The van der Waals surface area contributed by atoms with Gasteiger partial charge in [0.1, 0.15) is 22.8 Å². The van der Waals surface area contributed by atoms with Crippen molar-refractivity contribution in [1.82, 2.24) is 24.5 Å². The molecule has 0 aliphatic rings. The summed E-state index contributed by atoms with van der Waals surface area (Å²) in [4.78, 5) is 16.5. The highest BCUT2D eigenvalue weighted by molar-refractivity contribution is 5.77. The first-order valence-corrected chi connectivity index (χ1v) is 8.81. The summed E-state index contributed by atoms with van der Waals surface area (Å²) in [6.07, 6.45) is 4.16. The molecule has 0 saturated heterocycles. The van der Waals surface area contributed by atoms with Crippen molar-refractivity contribution < 1.29 is 9.47 Å². The first kappa shape index (κ1) is 17.7. The van der Waals surface area contributed by atoms with Gasteiger partial charge in [0.25, 0.3) is 0 Å². The first-order valence-electron chi connectivity index (χ1n) is 8.81. The number of benzene rings is 1. The average molecular weight is 376 g/mol. The fraction of sp³-hybridized carbons (Fsp3) is 0.200. The molecule has 0 atom stereocenters. The summed E-state index contributed by atoms with van der Waals surface area (Å²) in [6.45, 7) is 0.653. The van der Waals surface area contributed by atoms with Crippen LogP contribution in [-0.4, -0.2) is 38.7 Å². The zero-order valence-electron chi connectivity index (χ0n) is 15.6. The maximum Gasteiger partial charge on any atom is 0.173 e. The van der Waals surface area contributed by atoms with E-state index >= 15 is 0 Å². The number of aromatic amines is 1. The van der Waals surface area contributed by atoms with E-state index in [0.29, 0.717) is 35.0 Å². The van der Waals surface area contributed by atoms with Crippen molar-refractivity contribution >= 4 is 11.2 Å². The average Bonchev–Trinajstić information content (AvgIpc) is 3.20. The third-order valence-corrected chi connectivity index (χ3v) is 4.52. The summed E-state index contributed by atoms with van der Waals surface area (Å²) in [5.74, 6) is 1.96. The molecule has 8 heteroatoms. The van der Waals surface area contributed by atoms with Gasteiger partial charge in [0.15, 0.2) is 11.1 Å². The van der Waals surface area contributed by atoms with E-state index in [1.54, 1.807) is 26.7 Å². The third kappa shape index (κ3) is 3.32. The minimum Gasteiger partial charge on any atom is -0.497 e. The number of hydrogen-bond donors (Lipinski definition) is 2. The van der Waals surface area contributed by atoms with Crippen LogP contribution in [-0.2, 0) is 13.0 Å². The largest absolute Gasteiger partial charge is 0.497 e. The molecule has 0 spiro atoms. The Morgan fingerprint density at radius 3 is 2.75 bits per heavy atom. The summed E-state index contributed by atoms with van der Waals surface area (Å²) in [5, 5.41) is 8.15. The highest BCUT2D eigenvalue weighted by atomic mass is 16.5. The number of hydrogen-bond acceptors (Lipinski definition) is 6. The van der Waals surface area contributed by atoms with E-state index in [1.807, 2.05) is 41.0 Å². The van der Waals surface area contributed by atoms with Gasteiger partial charge in [0.2, 0.25) is 0 Å². The van der Waals surface area contributed by atoms with Crippen molar-refractivity contribution in [3.63, 3.8) is 0 Å². The van der Waals surface area contributed by atoms with E-state index in [9.17, 15) is 0 Å².